The van der Waals surface area contributed by atoms with E-state index in [1.54, 1.807) is 6.08 Å². The third-order valence-corrected chi connectivity index (χ3v) is 5.46. The summed E-state index contributed by atoms with van der Waals surface area (Å²) in [5.74, 6) is 0.0462. The smallest absolute Gasteiger partial charge is 0.451 e. The zero-order valence-corrected chi connectivity index (χ0v) is 17.5. The predicted octanol–water partition coefficient (Wildman–Crippen LogP) is 5.30. The molecular weight excluding hydrogens is 397 g/mol. The van der Waals surface area contributed by atoms with Crippen molar-refractivity contribution in [1.29, 1.82) is 0 Å². The number of fused-ring (bicyclic) bond motifs is 1. The SMILES string of the molecule is CCCN(C(=O)c1cc2c(o1)C=CCC(OC(F)(F)F)=C2)C(CC)CN1CCCC1. The van der Waals surface area contributed by atoms with Crippen LogP contribution >= 0.6 is 0 Å². The number of allylic oxidation sites excluding steroid dienone is 1. The number of carbonyl (C=O) groups excluding carboxylic acids is 1. The number of rotatable bonds is 8. The molecule has 2 aliphatic rings. The van der Waals surface area contributed by atoms with Crippen molar-refractivity contribution in [1.82, 2.24) is 9.80 Å². The normalized spacial score (nSPS) is 18.0. The zero-order valence-electron chi connectivity index (χ0n) is 17.5. The first-order chi connectivity index (χ1) is 14.3. The van der Waals surface area contributed by atoms with Gasteiger partial charge in [0, 0.05) is 31.1 Å². The highest BCUT2D eigenvalue weighted by Gasteiger charge is 2.33. The number of furan rings is 1. The van der Waals surface area contributed by atoms with Crippen LogP contribution in [0.2, 0.25) is 0 Å². The fraction of sp³-hybridized carbons (Fsp3) is 0.591. The Kier molecular flexibility index (Phi) is 7.28. The number of alkyl halides is 3. The van der Waals surface area contributed by atoms with Gasteiger partial charge >= 0.3 is 6.36 Å². The van der Waals surface area contributed by atoms with Crippen LogP contribution in [0.1, 0.15) is 67.8 Å². The van der Waals surface area contributed by atoms with Crippen LogP contribution in [0.3, 0.4) is 0 Å². The highest BCUT2D eigenvalue weighted by atomic mass is 19.4. The quantitative estimate of drug-likeness (QED) is 0.566. The Labute approximate surface area is 175 Å². The van der Waals surface area contributed by atoms with Crippen LogP contribution in [-0.4, -0.2) is 54.3 Å². The Hall–Kier alpha value is -2.22. The first-order valence-corrected chi connectivity index (χ1v) is 10.6. The molecule has 0 saturated carbocycles. The molecule has 0 bridgehead atoms. The molecule has 1 aromatic rings. The predicted molar refractivity (Wildman–Crippen MR) is 109 cm³/mol. The topological polar surface area (TPSA) is 45.9 Å². The summed E-state index contributed by atoms with van der Waals surface area (Å²) in [6.45, 7) is 7.62. The summed E-state index contributed by atoms with van der Waals surface area (Å²) in [4.78, 5) is 17.5. The van der Waals surface area contributed by atoms with E-state index in [4.69, 9.17) is 4.42 Å². The maximum Gasteiger partial charge on any atom is 0.572 e. The van der Waals surface area contributed by atoms with E-state index < -0.39 is 6.36 Å². The van der Waals surface area contributed by atoms with E-state index in [0.717, 1.165) is 32.5 Å². The molecule has 2 heterocycles. The standard InChI is InChI=1S/C22H29F3N2O3/c1-3-10-27(17(4-2)15-26-11-5-6-12-26)21(28)20-14-16-13-18(30-22(23,24)25)8-7-9-19(16)29-20/h7,9,13-14,17H,3-6,8,10-12,15H2,1-2H3. The number of likely N-dealkylation sites (tertiary alicyclic amines) is 1. The largest absolute Gasteiger partial charge is 0.572 e. The minimum Gasteiger partial charge on any atom is -0.451 e. The number of halogens is 3. The van der Waals surface area contributed by atoms with Crippen molar-refractivity contribution in [3.8, 4) is 0 Å². The summed E-state index contributed by atoms with van der Waals surface area (Å²) >= 11 is 0. The van der Waals surface area contributed by atoms with Gasteiger partial charge in [0.2, 0.25) is 0 Å². The van der Waals surface area contributed by atoms with Crippen molar-refractivity contribution in [3.63, 3.8) is 0 Å². The molecule has 0 radical (unpaired) electrons. The molecule has 166 valence electrons. The van der Waals surface area contributed by atoms with Gasteiger partial charge in [0.05, 0.1) is 0 Å². The number of amides is 1. The summed E-state index contributed by atoms with van der Waals surface area (Å²) < 4.78 is 47.6. The van der Waals surface area contributed by atoms with Crippen LogP contribution < -0.4 is 0 Å². The molecule has 3 rings (SSSR count). The van der Waals surface area contributed by atoms with Gasteiger partial charge in [-0.05, 0) is 57.0 Å². The third-order valence-electron chi connectivity index (χ3n) is 5.46. The van der Waals surface area contributed by atoms with Crippen molar-refractivity contribution >= 4 is 18.1 Å². The van der Waals surface area contributed by atoms with Gasteiger partial charge < -0.3 is 19.0 Å². The van der Waals surface area contributed by atoms with Gasteiger partial charge in [-0.15, -0.1) is 13.2 Å². The lowest BCUT2D eigenvalue weighted by atomic mass is 10.1. The second-order valence-electron chi connectivity index (χ2n) is 7.76. The fourth-order valence-electron chi connectivity index (χ4n) is 4.05. The average Bonchev–Trinajstić information content (AvgIpc) is 3.29. The lowest BCUT2D eigenvalue weighted by Crippen LogP contribution is -2.46. The van der Waals surface area contributed by atoms with E-state index in [1.807, 2.05) is 11.8 Å². The maximum absolute atomic E-state index is 13.3. The van der Waals surface area contributed by atoms with Gasteiger partial charge in [0.15, 0.2) is 5.76 Å². The average molecular weight is 426 g/mol. The van der Waals surface area contributed by atoms with Crippen molar-refractivity contribution in [2.75, 3.05) is 26.2 Å². The minimum atomic E-state index is -4.76. The second kappa shape index (κ2) is 9.73. The molecule has 1 fully saturated rings. The van der Waals surface area contributed by atoms with E-state index in [0.29, 0.717) is 17.9 Å². The van der Waals surface area contributed by atoms with Gasteiger partial charge in [-0.3, -0.25) is 4.79 Å². The first-order valence-electron chi connectivity index (χ1n) is 10.6. The number of carbonyl (C=O) groups is 1. The first kappa shape index (κ1) is 22.5. The van der Waals surface area contributed by atoms with Crippen LogP contribution in [0.5, 0.6) is 0 Å². The number of ether oxygens (including phenoxy) is 1. The Morgan fingerprint density at radius 2 is 2.03 bits per heavy atom. The summed E-state index contributed by atoms with van der Waals surface area (Å²) in [5.41, 5.74) is 0.412. The van der Waals surface area contributed by atoms with Gasteiger partial charge in [0.1, 0.15) is 11.5 Å². The molecule has 1 amide bonds. The monoisotopic (exact) mass is 426 g/mol. The highest BCUT2D eigenvalue weighted by Crippen LogP contribution is 2.30. The molecule has 0 aromatic carbocycles. The van der Waals surface area contributed by atoms with Crippen LogP contribution in [0.15, 0.2) is 22.3 Å². The summed E-state index contributed by atoms with van der Waals surface area (Å²) in [5, 5.41) is 0. The molecule has 1 atom stereocenters. The molecule has 0 spiro atoms. The number of nitrogens with zero attached hydrogens (tertiary/aromatic N) is 2. The van der Waals surface area contributed by atoms with Gasteiger partial charge in [-0.2, -0.15) is 0 Å². The van der Waals surface area contributed by atoms with Gasteiger partial charge in [0.25, 0.3) is 5.91 Å². The lowest BCUT2D eigenvalue weighted by molar-refractivity contribution is -0.305. The molecule has 1 aliphatic heterocycles. The lowest BCUT2D eigenvalue weighted by Gasteiger charge is -2.33. The molecule has 1 saturated heterocycles. The zero-order chi connectivity index (χ0) is 21.7. The summed E-state index contributed by atoms with van der Waals surface area (Å²) in [7, 11) is 0. The highest BCUT2D eigenvalue weighted by molar-refractivity contribution is 5.93. The summed E-state index contributed by atoms with van der Waals surface area (Å²) in [6, 6.07) is 1.58. The Balaban J connectivity index is 1.81. The van der Waals surface area contributed by atoms with Crippen LogP contribution in [0.25, 0.3) is 12.2 Å². The van der Waals surface area contributed by atoms with E-state index >= 15 is 0 Å². The Morgan fingerprint density at radius 3 is 2.67 bits per heavy atom. The van der Waals surface area contributed by atoms with Gasteiger partial charge in [-0.1, -0.05) is 19.9 Å². The molecule has 1 aliphatic carbocycles. The molecule has 1 aromatic heterocycles. The van der Waals surface area contributed by atoms with Crippen LogP contribution in [0.4, 0.5) is 13.2 Å². The van der Waals surface area contributed by atoms with E-state index in [1.165, 1.54) is 31.1 Å². The van der Waals surface area contributed by atoms with Crippen molar-refractivity contribution in [3.05, 3.63) is 35.0 Å². The molecular formula is C22H29F3N2O3. The van der Waals surface area contributed by atoms with Crippen molar-refractivity contribution in [2.24, 2.45) is 0 Å². The molecule has 30 heavy (non-hydrogen) atoms. The molecule has 5 nitrogen and oxygen atoms in total. The molecule has 0 N–H and O–H groups in total. The van der Waals surface area contributed by atoms with E-state index in [2.05, 4.69) is 16.6 Å². The second-order valence-corrected chi connectivity index (χ2v) is 7.76. The Bertz CT molecular complexity index is 792. The number of hydrogen-bond acceptors (Lipinski definition) is 4. The van der Waals surface area contributed by atoms with Crippen molar-refractivity contribution in [2.45, 2.75) is 58.4 Å². The van der Waals surface area contributed by atoms with Gasteiger partial charge in [-0.25, -0.2) is 0 Å². The molecule has 1 unspecified atom stereocenters. The number of hydrogen-bond donors (Lipinski definition) is 0. The van der Waals surface area contributed by atoms with Crippen LogP contribution in [0, 0.1) is 0 Å². The summed E-state index contributed by atoms with van der Waals surface area (Å²) in [6.07, 6.45) is 3.66. The van der Waals surface area contributed by atoms with Crippen LogP contribution in [-0.2, 0) is 4.74 Å². The van der Waals surface area contributed by atoms with E-state index in [-0.39, 0.29) is 29.9 Å². The fourth-order valence-corrected chi connectivity index (χ4v) is 4.05. The molecule has 8 heteroatoms. The third kappa shape index (κ3) is 5.68. The Morgan fingerprint density at radius 1 is 1.30 bits per heavy atom. The maximum atomic E-state index is 13.3. The van der Waals surface area contributed by atoms with E-state index in [9.17, 15) is 18.0 Å². The van der Waals surface area contributed by atoms with Crippen molar-refractivity contribution < 1.29 is 27.1 Å². The minimum absolute atomic E-state index is 0.00267.